The van der Waals surface area contributed by atoms with E-state index in [0.717, 1.165) is 41.7 Å². The number of benzene rings is 1. The lowest BCUT2D eigenvalue weighted by Gasteiger charge is -2.51. The molecule has 0 saturated carbocycles. The molecule has 5 unspecified atom stereocenters. The summed E-state index contributed by atoms with van der Waals surface area (Å²) in [5.74, 6) is 1.92. The van der Waals surface area contributed by atoms with Crippen LogP contribution in [0.1, 0.15) is 24.5 Å². The summed E-state index contributed by atoms with van der Waals surface area (Å²) in [6, 6.07) is 7.96. The lowest BCUT2D eigenvalue weighted by atomic mass is 9.73. The molecule has 0 radical (unpaired) electrons. The van der Waals surface area contributed by atoms with Gasteiger partial charge in [0.1, 0.15) is 11.9 Å². The average Bonchev–Trinajstić information content (AvgIpc) is 2.71. The normalized spacial score (nSPS) is 28.5. The molecule has 3 aliphatic heterocycles. The summed E-state index contributed by atoms with van der Waals surface area (Å²) in [4.78, 5) is 18.2. The number of carbonyl (C=O) groups excluding carboxylic acids is 1. The van der Waals surface area contributed by atoms with Crippen LogP contribution in [0, 0.1) is 11.8 Å². The third kappa shape index (κ3) is 2.86. The molecule has 0 spiro atoms. The van der Waals surface area contributed by atoms with Crippen molar-refractivity contribution < 1.29 is 14.3 Å². The van der Waals surface area contributed by atoms with Crippen LogP contribution in [0.25, 0.3) is 10.9 Å². The maximum Gasteiger partial charge on any atom is 0.293 e. The minimum atomic E-state index is -0.307. The van der Waals surface area contributed by atoms with Gasteiger partial charge in [-0.25, -0.2) is 0 Å². The van der Waals surface area contributed by atoms with Crippen LogP contribution in [0.15, 0.2) is 43.1 Å². The third-order valence-electron chi connectivity index (χ3n) is 5.99. The van der Waals surface area contributed by atoms with E-state index < -0.39 is 0 Å². The maximum absolute atomic E-state index is 11.3. The average molecular weight is 352 g/mol. The summed E-state index contributed by atoms with van der Waals surface area (Å²) in [6.45, 7) is 6.60. The highest BCUT2D eigenvalue weighted by Crippen LogP contribution is 2.43. The van der Waals surface area contributed by atoms with Crippen LogP contribution in [0.5, 0.6) is 5.75 Å². The molecule has 3 fully saturated rings. The van der Waals surface area contributed by atoms with Crippen molar-refractivity contribution >= 4 is 17.4 Å². The summed E-state index contributed by atoms with van der Waals surface area (Å²) >= 11 is 0. The van der Waals surface area contributed by atoms with Gasteiger partial charge in [-0.1, -0.05) is 6.08 Å². The Labute approximate surface area is 153 Å². The van der Waals surface area contributed by atoms with Gasteiger partial charge in [0.2, 0.25) is 0 Å². The van der Waals surface area contributed by atoms with Gasteiger partial charge in [-0.2, -0.15) is 0 Å². The van der Waals surface area contributed by atoms with Crippen molar-refractivity contribution in [2.24, 2.45) is 11.8 Å². The van der Waals surface area contributed by atoms with Crippen molar-refractivity contribution in [3.8, 4) is 5.75 Å². The topological polar surface area (TPSA) is 51.7 Å². The number of ether oxygens (including phenoxy) is 2. The molecule has 4 heterocycles. The number of fused-ring (bicyclic) bond motifs is 4. The Balaban J connectivity index is 1.75. The van der Waals surface area contributed by atoms with E-state index in [9.17, 15) is 4.79 Å². The van der Waals surface area contributed by atoms with Crippen molar-refractivity contribution in [3.63, 3.8) is 0 Å². The summed E-state index contributed by atoms with van der Waals surface area (Å²) in [6.07, 6.45) is 5.76. The minimum Gasteiger partial charge on any atom is -0.497 e. The molecule has 1 aromatic carbocycles. The molecule has 0 aliphatic carbocycles. The van der Waals surface area contributed by atoms with Gasteiger partial charge in [0.05, 0.1) is 18.7 Å². The fraction of sp³-hybridized carbons (Fsp3) is 0.429. The molecule has 5 heteroatoms. The van der Waals surface area contributed by atoms with Crippen molar-refractivity contribution in [3.05, 3.63) is 48.7 Å². The van der Waals surface area contributed by atoms with E-state index in [1.165, 1.54) is 6.42 Å². The minimum absolute atomic E-state index is 0.187. The molecule has 3 saturated heterocycles. The second-order valence-electron chi connectivity index (χ2n) is 7.18. The Kier molecular flexibility index (Phi) is 4.64. The Hall–Kier alpha value is -2.40. The van der Waals surface area contributed by atoms with E-state index in [-0.39, 0.29) is 12.1 Å². The summed E-state index contributed by atoms with van der Waals surface area (Å²) in [5.41, 5.74) is 1.87. The first kappa shape index (κ1) is 17.0. The van der Waals surface area contributed by atoms with Gasteiger partial charge in [-0.15, -0.1) is 6.58 Å². The first-order chi connectivity index (χ1) is 12.7. The van der Waals surface area contributed by atoms with Crippen LogP contribution in [0.4, 0.5) is 0 Å². The van der Waals surface area contributed by atoms with Crippen molar-refractivity contribution in [2.75, 3.05) is 20.2 Å². The van der Waals surface area contributed by atoms with Crippen LogP contribution in [0.3, 0.4) is 0 Å². The number of nitrogens with zero attached hydrogens (tertiary/aromatic N) is 2. The van der Waals surface area contributed by atoms with Crippen LogP contribution in [0.2, 0.25) is 0 Å². The van der Waals surface area contributed by atoms with Crippen LogP contribution in [-0.2, 0) is 9.53 Å². The van der Waals surface area contributed by atoms with Gasteiger partial charge < -0.3 is 9.47 Å². The van der Waals surface area contributed by atoms with Gasteiger partial charge >= 0.3 is 0 Å². The van der Waals surface area contributed by atoms with Gasteiger partial charge in [-0.05, 0) is 55.5 Å². The predicted molar refractivity (Wildman–Crippen MR) is 100.0 cm³/mol. The summed E-state index contributed by atoms with van der Waals surface area (Å²) in [5, 5.41) is 0.974. The van der Waals surface area contributed by atoms with E-state index in [1.54, 1.807) is 13.3 Å². The third-order valence-corrected chi connectivity index (χ3v) is 5.99. The molecular formula is C21H24N2O3. The first-order valence-corrected chi connectivity index (χ1v) is 9.13. The van der Waals surface area contributed by atoms with E-state index in [0.29, 0.717) is 18.3 Å². The highest BCUT2D eigenvalue weighted by atomic mass is 16.5. The van der Waals surface area contributed by atoms with Gasteiger partial charge in [0.15, 0.2) is 0 Å². The molecule has 0 amide bonds. The standard InChI is InChI=1S/C21H24N2O3/c1-3-14-12-23-9-7-15(14)10-20(23)21(26-13-24)17-6-8-22-19-5-4-16(25-2)11-18(17)19/h3-6,8,11,13-15,20-21H,1,7,9-10,12H2,2H3. The number of piperidine rings is 3. The van der Waals surface area contributed by atoms with Gasteiger partial charge in [-0.3, -0.25) is 14.7 Å². The van der Waals surface area contributed by atoms with Gasteiger partial charge in [0.25, 0.3) is 6.47 Å². The number of rotatable bonds is 6. The SMILES string of the molecule is C=CC1CN2CCC1CC2C(OC=O)c1ccnc2ccc(OC)cc12. The molecular weight excluding hydrogens is 328 g/mol. The fourth-order valence-electron chi connectivity index (χ4n) is 4.64. The Bertz CT molecular complexity index is 822. The maximum atomic E-state index is 11.3. The Morgan fingerprint density at radius 1 is 1.38 bits per heavy atom. The second kappa shape index (κ2) is 7.08. The smallest absolute Gasteiger partial charge is 0.293 e. The molecule has 0 N–H and O–H groups in total. The lowest BCUT2D eigenvalue weighted by molar-refractivity contribution is -0.141. The second-order valence-corrected chi connectivity index (χ2v) is 7.18. The highest BCUT2D eigenvalue weighted by Gasteiger charge is 2.43. The number of carbonyl (C=O) groups is 1. The molecule has 5 rings (SSSR count). The number of hydrogen-bond donors (Lipinski definition) is 0. The number of pyridine rings is 1. The largest absolute Gasteiger partial charge is 0.497 e. The molecule has 5 nitrogen and oxygen atoms in total. The molecule has 5 atom stereocenters. The van der Waals surface area contributed by atoms with E-state index in [4.69, 9.17) is 9.47 Å². The quantitative estimate of drug-likeness (QED) is 0.589. The molecule has 3 aliphatic rings. The van der Waals surface area contributed by atoms with Crippen molar-refractivity contribution in [1.29, 1.82) is 0 Å². The van der Waals surface area contributed by atoms with Crippen LogP contribution < -0.4 is 4.74 Å². The number of methoxy groups -OCH3 is 1. The molecule has 2 bridgehead atoms. The summed E-state index contributed by atoms with van der Waals surface area (Å²) in [7, 11) is 1.65. The monoisotopic (exact) mass is 352 g/mol. The zero-order chi connectivity index (χ0) is 18.1. The Morgan fingerprint density at radius 3 is 2.96 bits per heavy atom. The fourth-order valence-corrected chi connectivity index (χ4v) is 4.64. The molecule has 136 valence electrons. The number of hydrogen-bond acceptors (Lipinski definition) is 5. The number of aromatic nitrogens is 1. The Morgan fingerprint density at radius 2 is 2.27 bits per heavy atom. The molecule has 2 aromatic rings. The lowest BCUT2D eigenvalue weighted by Crippen LogP contribution is -2.55. The first-order valence-electron chi connectivity index (χ1n) is 9.13. The predicted octanol–water partition coefficient (Wildman–Crippen LogP) is 3.35. The summed E-state index contributed by atoms with van der Waals surface area (Å²) < 4.78 is 11.0. The van der Waals surface area contributed by atoms with Gasteiger partial charge in [0, 0.05) is 23.7 Å². The highest BCUT2D eigenvalue weighted by molar-refractivity contribution is 5.84. The van der Waals surface area contributed by atoms with E-state index in [2.05, 4.69) is 22.5 Å². The van der Waals surface area contributed by atoms with E-state index in [1.807, 2.05) is 24.3 Å². The van der Waals surface area contributed by atoms with Crippen LogP contribution >= 0.6 is 0 Å². The van der Waals surface area contributed by atoms with Crippen molar-refractivity contribution in [1.82, 2.24) is 9.88 Å². The zero-order valence-corrected chi connectivity index (χ0v) is 15.0. The van der Waals surface area contributed by atoms with Crippen molar-refractivity contribution in [2.45, 2.75) is 25.0 Å². The van der Waals surface area contributed by atoms with Crippen LogP contribution in [-0.4, -0.2) is 42.6 Å². The zero-order valence-electron chi connectivity index (χ0n) is 15.0. The molecule has 1 aromatic heterocycles. The van der Waals surface area contributed by atoms with E-state index >= 15 is 0 Å². The molecule has 26 heavy (non-hydrogen) atoms.